The van der Waals surface area contributed by atoms with Crippen LogP contribution in [0.4, 0.5) is 5.95 Å². The third-order valence-electron chi connectivity index (χ3n) is 1.49. The molecule has 0 fully saturated rings. The molecule has 1 rings (SSSR count). The highest BCUT2D eigenvalue weighted by Crippen LogP contribution is 2.03. The second kappa shape index (κ2) is 4.78. The molecule has 1 heterocycles. The topological polar surface area (TPSA) is 85.4 Å². The first-order valence-electron chi connectivity index (χ1n) is 4.13. The highest BCUT2D eigenvalue weighted by Gasteiger charge is 1.99. The number of hydrogen-bond donors (Lipinski definition) is 1. The van der Waals surface area contributed by atoms with Gasteiger partial charge in [0.25, 0.3) is 0 Å². The van der Waals surface area contributed by atoms with Gasteiger partial charge in [0.2, 0.25) is 5.95 Å². The molecule has 70 valence electrons. The van der Waals surface area contributed by atoms with Crippen LogP contribution >= 0.6 is 0 Å². The van der Waals surface area contributed by atoms with Gasteiger partial charge in [-0.05, 0) is 13.0 Å². The lowest BCUT2D eigenvalue weighted by molar-refractivity contribution is 0.999. The van der Waals surface area contributed by atoms with E-state index in [0.717, 1.165) is 5.69 Å². The van der Waals surface area contributed by atoms with Gasteiger partial charge in [0.1, 0.15) is 11.8 Å². The molecular weight excluding hydrogens is 178 g/mol. The van der Waals surface area contributed by atoms with Gasteiger partial charge in [-0.2, -0.15) is 10.5 Å². The zero-order valence-electron chi connectivity index (χ0n) is 7.78. The molecule has 0 saturated carbocycles. The molecule has 0 atom stereocenters. The van der Waals surface area contributed by atoms with Crippen LogP contribution < -0.4 is 5.32 Å². The SMILES string of the molecule is Cc1cc(C#N)nc(NCCC#N)n1. The Morgan fingerprint density at radius 2 is 2.21 bits per heavy atom. The summed E-state index contributed by atoms with van der Waals surface area (Å²) in [5.74, 6) is 0.400. The van der Waals surface area contributed by atoms with E-state index in [9.17, 15) is 0 Å². The largest absolute Gasteiger partial charge is 0.353 e. The van der Waals surface area contributed by atoms with E-state index < -0.39 is 0 Å². The molecule has 1 aromatic heterocycles. The summed E-state index contributed by atoms with van der Waals surface area (Å²) < 4.78 is 0. The van der Waals surface area contributed by atoms with Crippen molar-refractivity contribution in [3.05, 3.63) is 17.5 Å². The number of anilines is 1. The number of nitriles is 2. The fraction of sp³-hybridized carbons (Fsp3) is 0.333. The van der Waals surface area contributed by atoms with Gasteiger partial charge in [-0.3, -0.25) is 0 Å². The molecule has 0 unspecified atom stereocenters. The Labute approximate surface area is 82.0 Å². The molecule has 0 spiro atoms. The van der Waals surface area contributed by atoms with Crippen LogP contribution in [0.15, 0.2) is 6.07 Å². The Hall–Kier alpha value is -2.14. The number of hydrogen-bond acceptors (Lipinski definition) is 5. The zero-order chi connectivity index (χ0) is 10.4. The van der Waals surface area contributed by atoms with Gasteiger partial charge in [0.15, 0.2) is 0 Å². The van der Waals surface area contributed by atoms with Crippen LogP contribution in [0.5, 0.6) is 0 Å². The number of aromatic nitrogens is 2. The van der Waals surface area contributed by atoms with E-state index >= 15 is 0 Å². The molecule has 0 aliphatic carbocycles. The van der Waals surface area contributed by atoms with E-state index in [1.807, 2.05) is 12.1 Å². The van der Waals surface area contributed by atoms with Crippen molar-refractivity contribution in [2.24, 2.45) is 0 Å². The van der Waals surface area contributed by atoms with Crippen molar-refractivity contribution >= 4 is 5.95 Å². The third-order valence-corrected chi connectivity index (χ3v) is 1.49. The summed E-state index contributed by atoms with van der Waals surface area (Å²) >= 11 is 0. The Kier molecular flexibility index (Phi) is 3.40. The van der Waals surface area contributed by atoms with Crippen molar-refractivity contribution in [2.75, 3.05) is 11.9 Å². The second-order valence-electron chi connectivity index (χ2n) is 2.66. The molecule has 0 bridgehead atoms. The van der Waals surface area contributed by atoms with Crippen molar-refractivity contribution in [1.29, 1.82) is 10.5 Å². The molecule has 0 radical (unpaired) electrons. The number of nitrogens with zero attached hydrogens (tertiary/aromatic N) is 4. The Morgan fingerprint density at radius 1 is 1.43 bits per heavy atom. The number of aryl methyl sites for hydroxylation is 1. The zero-order valence-corrected chi connectivity index (χ0v) is 7.78. The lowest BCUT2D eigenvalue weighted by atomic mass is 10.3. The summed E-state index contributed by atoms with van der Waals surface area (Å²) in [6, 6.07) is 5.55. The quantitative estimate of drug-likeness (QED) is 0.713. The average molecular weight is 187 g/mol. The molecule has 0 aromatic carbocycles. The lowest BCUT2D eigenvalue weighted by Gasteiger charge is -2.02. The van der Waals surface area contributed by atoms with Crippen LogP contribution in [0.2, 0.25) is 0 Å². The van der Waals surface area contributed by atoms with E-state index in [4.69, 9.17) is 10.5 Å². The van der Waals surface area contributed by atoms with Gasteiger partial charge in [-0.25, -0.2) is 9.97 Å². The highest BCUT2D eigenvalue weighted by atomic mass is 15.1. The van der Waals surface area contributed by atoms with E-state index in [-0.39, 0.29) is 0 Å². The predicted molar refractivity (Wildman–Crippen MR) is 50.2 cm³/mol. The number of nitrogens with one attached hydrogen (secondary N) is 1. The fourth-order valence-electron chi connectivity index (χ4n) is 0.935. The smallest absolute Gasteiger partial charge is 0.224 e. The van der Waals surface area contributed by atoms with Crippen LogP contribution in [-0.4, -0.2) is 16.5 Å². The van der Waals surface area contributed by atoms with Crippen molar-refractivity contribution in [3.8, 4) is 12.1 Å². The first-order valence-corrected chi connectivity index (χ1v) is 4.13. The minimum atomic E-state index is 0.331. The standard InChI is InChI=1S/C9H9N5/c1-7-5-8(6-11)14-9(13-7)12-4-2-3-10/h5H,2,4H2,1H3,(H,12,13,14). The summed E-state index contributed by atoms with van der Waals surface area (Å²) in [5.41, 5.74) is 1.06. The molecule has 0 saturated heterocycles. The van der Waals surface area contributed by atoms with Crippen molar-refractivity contribution in [2.45, 2.75) is 13.3 Å². The normalized spacial score (nSPS) is 8.79. The van der Waals surface area contributed by atoms with Gasteiger partial charge >= 0.3 is 0 Å². The summed E-state index contributed by atoms with van der Waals surface area (Å²) in [7, 11) is 0. The van der Waals surface area contributed by atoms with E-state index in [2.05, 4.69) is 15.3 Å². The summed E-state index contributed by atoms with van der Waals surface area (Å²) in [4.78, 5) is 8.00. The van der Waals surface area contributed by atoms with Gasteiger partial charge in [-0.1, -0.05) is 0 Å². The maximum atomic E-state index is 8.64. The molecule has 1 aromatic rings. The Balaban J connectivity index is 2.74. The maximum Gasteiger partial charge on any atom is 0.224 e. The Morgan fingerprint density at radius 3 is 2.86 bits per heavy atom. The Bertz CT molecular complexity index is 399. The minimum absolute atomic E-state index is 0.331. The van der Waals surface area contributed by atoms with Crippen LogP contribution in [0.3, 0.4) is 0 Å². The third kappa shape index (κ3) is 2.72. The number of rotatable bonds is 3. The molecule has 5 heteroatoms. The van der Waals surface area contributed by atoms with Crippen LogP contribution in [0.1, 0.15) is 17.8 Å². The van der Waals surface area contributed by atoms with Crippen molar-refractivity contribution in [1.82, 2.24) is 9.97 Å². The van der Waals surface area contributed by atoms with E-state index in [0.29, 0.717) is 24.6 Å². The van der Waals surface area contributed by atoms with Gasteiger partial charge in [-0.15, -0.1) is 0 Å². The van der Waals surface area contributed by atoms with Crippen LogP contribution in [-0.2, 0) is 0 Å². The maximum absolute atomic E-state index is 8.64. The summed E-state index contributed by atoms with van der Waals surface area (Å²) in [5, 5.41) is 19.8. The van der Waals surface area contributed by atoms with E-state index in [1.165, 1.54) is 0 Å². The van der Waals surface area contributed by atoms with Crippen molar-refractivity contribution < 1.29 is 0 Å². The van der Waals surface area contributed by atoms with Gasteiger partial charge in [0, 0.05) is 12.2 Å². The van der Waals surface area contributed by atoms with E-state index in [1.54, 1.807) is 13.0 Å². The van der Waals surface area contributed by atoms with Crippen LogP contribution in [0, 0.1) is 29.6 Å². The summed E-state index contributed by atoms with van der Waals surface area (Å²) in [6.45, 7) is 2.28. The molecule has 0 amide bonds. The average Bonchev–Trinajstić information content (AvgIpc) is 2.17. The first kappa shape index (κ1) is 9.94. The molecule has 0 aliphatic rings. The lowest BCUT2D eigenvalue weighted by Crippen LogP contribution is -2.06. The fourth-order valence-corrected chi connectivity index (χ4v) is 0.935. The monoisotopic (exact) mass is 187 g/mol. The van der Waals surface area contributed by atoms with Gasteiger partial charge in [0.05, 0.1) is 12.5 Å². The first-order chi connectivity index (χ1) is 6.76. The molecular formula is C9H9N5. The molecule has 5 nitrogen and oxygen atoms in total. The summed E-state index contributed by atoms with van der Waals surface area (Å²) in [6.07, 6.45) is 0.388. The highest BCUT2D eigenvalue weighted by molar-refractivity contribution is 5.32. The minimum Gasteiger partial charge on any atom is -0.353 e. The second-order valence-corrected chi connectivity index (χ2v) is 2.66. The molecule has 14 heavy (non-hydrogen) atoms. The molecule has 0 aliphatic heterocycles. The van der Waals surface area contributed by atoms with Crippen LogP contribution in [0.25, 0.3) is 0 Å². The van der Waals surface area contributed by atoms with Crippen molar-refractivity contribution in [3.63, 3.8) is 0 Å². The molecule has 1 N–H and O–H groups in total. The predicted octanol–water partition coefficient (Wildman–Crippen LogP) is 0.982. The van der Waals surface area contributed by atoms with Gasteiger partial charge < -0.3 is 5.32 Å².